The fraction of sp³-hybridized carbons (Fsp3) is 1.00. The smallest absolute Gasteiger partial charge is 0.136 e. The SMILES string of the molecule is CC(O)C(OC1CCCCC1)N1CCCCC1. The van der Waals surface area contributed by atoms with Crippen LogP contribution in [0, 0.1) is 0 Å². The quantitative estimate of drug-likeness (QED) is 0.821. The molecule has 1 aliphatic carbocycles. The zero-order valence-corrected chi connectivity index (χ0v) is 11.1. The number of ether oxygens (including phenoxy) is 1. The van der Waals surface area contributed by atoms with Crippen molar-refractivity contribution in [3.8, 4) is 0 Å². The molecule has 17 heavy (non-hydrogen) atoms. The number of aliphatic hydroxyl groups excluding tert-OH is 1. The van der Waals surface area contributed by atoms with Crippen LogP contribution in [0.15, 0.2) is 0 Å². The number of aliphatic hydroxyl groups is 1. The number of rotatable bonds is 4. The Kier molecular flexibility index (Phi) is 5.26. The topological polar surface area (TPSA) is 32.7 Å². The Balaban J connectivity index is 1.86. The first kappa shape index (κ1) is 13.3. The second kappa shape index (κ2) is 6.72. The van der Waals surface area contributed by atoms with Gasteiger partial charge in [-0.25, -0.2) is 0 Å². The molecule has 3 heteroatoms. The van der Waals surface area contributed by atoms with E-state index in [1.807, 2.05) is 6.92 Å². The van der Waals surface area contributed by atoms with Crippen LogP contribution in [0.3, 0.4) is 0 Å². The molecule has 1 saturated heterocycles. The largest absolute Gasteiger partial charge is 0.389 e. The van der Waals surface area contributed by atoms with E-state index >= 15 is 0 Å². The van der Waals surface area contributed by atoms with Gasteiger partial charge in [-0.3, -0.25) is 4.90 Å². The first-order valence-corrected chi connectivity index (χ1v) is 7.35. The highest BCUT2D eigenvalue weighted by atomic mass is 16.5. The Morgan fingerprint density at radius 1 is 1.00 bits per heavy atom. The fourth-order valence-corrected chi connectivity index (χ4v) is 3.08. The summed E-state index contributed by atoms with van der Waals surface area (Å²) in [5, 5.41) is 9.93. The highest BCUT2D eigenvalue weighted by Crippen LogP contribution is 2.24. The second-order valence-corrected chi connectivity index (χ2v) is 5.62. The summed E-state index contributed by atoms with van der Waals surface area (Å²) in [4.78, 5) is 2.34. The minimum absolute atomic E-state index is 0.0709. The van der Waals surface area contributed by atoms with Crippen molar-refractivity contribution in [2.45, 2.75) is 76.7 Å². The lowest BCUT2D eigenvalue weighted by atomic mass is 9.97. The number of piperidine rings is 1. The molecule has 2 aliphatic rings. The molecule has 2 unspecified atom stereocenters. The van der Waals surface area contributed by atoms with Crippen LogP contribution in [-0.2, 0) is 4.74 Å². The van der Waals surface area contributed by atoms with Gasteiger partial charge in [0.05, 0.1) is 12.2 Å². The van der Waals surface area contributed by atoms with Gasteiger partial charge in [-0.1, -0.05) is 25.7 Å². The van der Waals surface area contributed by atoms with E-state index in [0.717, 1.165) is 13.1 Å². The number of hydrogen-bond donors (Lipinski definition) is 1. The molecule has 2 rings (SSSR count). The molecule has 0 radical (unpaired) electrons. The van der Waals surface area contributed by atoms with Crippen molar-refractivity contribution in [3.63, 3.8) is 0 Å². The lowest BCUT2D eigenvalue weighted by Gasteiger charge is -2.38. The second-order valence-electron chi connectivity index (χ2n) is 5.62. The first-order chi connectivity index (χ1) is 8.27. The van der Waals surface area contributed by atoms with Crippen LogP contribution in [-0.4, -0.2) is 41.5 Å². The van der Waals surface area contributed by atoms with Crippen LogP contribution in [0.25, 0.3) is 0 Å². The molecule has 0 aromatic rings. The Bertz CT molecular complexity index is 208. The summed E-state index contributed by atoms with van der Waals surface area (Å²) in [7, 11) is 0. The molecule has 0 amide bonds. The summed E-state index contributed by atoms with van der Waals surface area (Å²) < 4.78 is 6.17. The maximum Gasteiger partial charge on any atom is 0.136 e. The molecule has 1 heterocycles. The van der Waals surface area contributed by atoms with Crippen LogP contribution < -0.4 is 0 Å². The number of likely N-dealkylation sites (tertiary alicyclic amines) is 1. The molecule has 0 aromatic heterocycles. The van der Waals surface area contributed by atoms with E-state index in [9.17, 15) is 5.11 Å². The van der Waals surface area contributed by atoms with Crippen molar-refractivity contribution in [3.05, 3.63) is 0 Å². The van der Waals surface area contributed by atoms with Crippen molar-refractivity contribution in [2.75, 3.05) is 13.1 Å². The van der Waals surface area contributed by atoms with Gasteiger partial charge in [-0.15, -0.1) is 0 Å². The standard InChI is InChI=1S/C14H27NO2/c1-12(16)14(15-10-6-3-7-11-15)17-13-8-4-2-5-9-13/h12-14,16H,2-11H2,1H3. The van der Waals surface area contributed by atoms with E-state index < -0.39 is 0 Å². The third-order valence-corrected chi connectivity index (χ3v) is 4.05. The lowest BCUT2D eigenvalue weighted by molar-refractivity contribution is -0.159. The maximum absolute atomic E-state index is 9.93. The third-order valence-electron chi connectivity index (χ3n) is 4.05. The maximum atomic E-state index is 9.93. The zero-order chi connectivity index (χ0) is 12.1. The summed E-state index contributed by atoms with van der Waals surface area (Å²) in [5.41, 5.74) is 0. The van der Waals surface area contributed by atoms with E-state index in [1.165, 1.54) is 51.4 Å². The van der Waals surface area contributed by atoms with Gasteiger partial charge in [0.2, 0.25) is 0 Å². The number of nitrogens with zero attached hydrogens (tertiary/aromatic N) is 1. The monoisotopic (exact) mass is 241 g/mol. The summed E-state index contributed by atoms with van der Waals surface area (Å²) in [6.07, 6.45) is 10.0. The zero-order valence-electron chi connectivity index (χ0n) is 11.1. The average Bonchev–Trinajstić information content (AvgIpc) is 2.38. The molecule has 100 valence electrons. The third kappa shape index (κ3) is 3.94. The van der Waals surface area contributed by atoms with E-state index in [1.54, 1.807) is 0 Å². The van der Waals surface area contributed by atoms with E-state index in [-0.39, 0.29) is 12.3 Å². The minimum Gasteiger partial charge on any atom is -0.389 e. The fourth-order valence-electron chi connectivity index (χ4n) is 3.08. The van der Waals surface area contributed by atoms with Crippen LogP contribution in [0.5, 0.6) is 0 Å². The molecular weight excluding hydrogens is 214 g/mol. The van der Waals surface area contributed by atoms with E-state index in [0.29, 0.717) is 6.10 Å². The van der Waals surface area contributed by atoms with Gasteiger partial charge in [0.25, 0.3) is 0 Å². The predicted octanol–water partition coefficient (Wildman–Crippen LogP) is 2.53. The molecular formula is C14H27NO2. The van der Waals surface area contributed by atoms with Crippen molar-refractivity contribution in [1.29, 1.82) is 0 Å². The molecule has 0 aromatic carbocycles. The van der Waals surface area contributed by atoms with Crippen molar-refractivity contribution in [2.24, 2.45) is 0 Å². The Hall–Kier alpha value is -0.120. The molecule has 2 fully saturated rings. The molecule has 0 bridgehead atoms. The average molecular weight is 241 g/mol. The number of hydrogen-bond acceptors (Lipinski definition) is 3. The highest BCUT2D eigenvalue weighted by molar-refractivity contribution is 4.75. The van der Waals surface area contributed by atoms with Gasteiger partial charge in [-0.05, 0) is 32.6 Å². The molecule has 0 spiro atoms. The van der Waals surface area contributed by atoms with E-state index in [4.69, 9.17) is 4.74 Å². The van der Waals surface area contributed by atoms with Gasteiger partial charge in [-0.2, -0.15) is 0 Å². The van der Waals surface area contributed by atoms with Crippen molar-refractivity contribution >= 4 is 0 Å². The lowest BCUT2D eigenvalue weighted by Crippen LogP contribution is -2.48. The Labute approximate surface area is 105 Å². The van der Waals surface area contributed by atoms with Crippen molar-refractivity contribution in [1.82, 2.24) is 4.90 Å². The normalized spacial score (nSPS) is 27.9. The molecule has 1 N–H and O–H groups in total. The summed E-state index contributed by atoms with van der Waals surface area (Å²) in [6.45, 7) is 4.03. The molecule has 3 nitrogen and oxygen atoms in total. The minimum atomic E-state index is -0.380. The van der Waals surface area contributed by atoms with Crippen LogP contribution in [0.4, 0.5) is 0 Å². The molecule has 2 atom stereocenters. The van der Waals surface area contributed by atoms with Gasteiger partial charge in [0.1, 0.15) is 6.23 Å². The summed E-state index contributed by atoms with van der Waals surface area (Å²) in [5.74, 6) is 0. The molecule has 1 saturated carbocycles. The molecule has 1 aliphatic heterocycles. The summed E-state index contributed by atoms with van der Waals surface area (Å²) >= 11 is 0. The van der Waals surface area contributed by atoms with Crippen LogP contribution >= 0.6 is 0 Å². The first-order valence-electron chi connectivity index (χ1n) is 7.35. The van der Waals surface area contributed by atoms with Gasteiger partial charge >= 0.3 is 0 Å². The van der Waals surface area contributed by atoms with Crippen molar-refractivity contribution < 1.29 is 9.84 Å². The van der Waals surface area contributed by atoms with Crippen LogP contribution in [0.2, 0.25) is 0 Å². The van der Waals surface area contributed by atoms with Gasteiger partial charge in [0, 0.05) is 13.1 Å². The Morgan fingerprint density at radius 2 is 1.59 bits per heavy atom. The van der Waals surface area contributed by atoms with Gasteiger partial charge < -0.3 is 9.84 Å². The van der Waals surface area contributed by atoms with Gasteiger partial charge in [0.15, 0.2) is 0 Å². The van der Waals surface area contributed by atoms with E-state index in [2.05, 4.69) is 4.90 Å². The highest BCUT2D eigenvalue weighted by Gasteiger charge is 2.28. The predicted molar refractivity (Wildman–Crippen MR) is 68.9 cm³/mol. The Morgan fingerprint density at radius 3 is 2.18 bits per heavy atom. The summed E-state index contributed by atoms with van der Waals surface area (Å²) in [6, 6.07) is 0. The van der Waals surface area contributed by atoms with Crippen LogP contribution in [0.1, 0.15) is 58.3 Å².